The first-order chi connectivity index (χ1) is 13.3. The molecule has 6 heteroatoms. The van der Waals surface area contributed by atoms with Crippen LogP contribution in [0, 0.1) is 12.3 Å². The molecule has 0 spiro atoms. The fourth-order valence-corrected chi connectivity index (χ4v) is 3.92. The van der Waals surface area contributed by atoms with Crippen LogP contribution in [0.2, 0.25) is 0 Å². The first-order valence-corrected chi connectivity index (χ1v) is 12.5. The third-order valence-corrected chi connectivity index (χ3v) is 6.35. The van der Waals surface area contributed by atoms with Crippen LogP contribution in [0.25, 0.3) is 0 Å². The summed E-state index contributed by atoms with van der Waals surface area (Å²) >= 11 is 0. The predicted octanol–water partition coefficient (Wildman–Crippen LogP) is 5.29. The summed E-state index contributed by atoms with van der Waals surface area (Å²) in [6, 6.07) is 0. The Morgan fingerprint density at radius 3 is 1.46 bits per heavy atom. The highest BCUT2D eigenvalue weighted by atomic mass is 32.2. The largest absolute Gasteiger partial charge is 0.748 e. The molecule has 0 aliphatic carbocycles. The van der Waals surface area contributed by atoms with Crippen LogP contribution in [0.1, 0.15) is 91.9 Å². The highest BCUT2D eigenvalue weighted by Gasteiger charge is 2.24. The van der Waals surface area contributed by atoms with Crippen LogP contribution < -0.4 is 0 Å². The molecule has 0 aliphatic heterocycles. The number of hydrogen-bond donors (Lipinski definition) is 0. The lowest BCUT2D eigenvalue weighted by molar-refractivity contribution is -0.929. The van der Waals surface area contributed by atoms with Gasteiger partial charge in [-0.25, -0.2) is 8.42 Å². The van der Waals surface area contributed by atoms with Gasteiger partial charge < -0.3 is 9.04 Å². The van der Waals surface area contributed by atoms with Crippen LogP contribution in [0.3, 0.4) is 0 Å². The summed E-state index contributed by atoms with van der Waals surface area (Å²) in [7, 11) is -4.42. The summed E-state index contributed by atoms with van der Waals surface area (Å²) in [6.45, 7) is 14.2. The van der Waals surface area contributed by atoms with Crippen LogP contribution in [-0.2, 0) is 10.1 Å². The Morgan fingerprint density at radius 2 is 1.25 bits per heavy atom. The Kier molecular flexibility index (Phi) is 19.4. The van der Waals surface area contributed by atoms with Crippen molar-refractivity contribution in [1.29, 1.82) is 0 Å². The Bertz CT molecular complexity index is 451. The number of alkyl halides is 1. The number of halogens is 1. The van der Waals surface area contributed by atoms with Crippen molar-refractivity contribution in [2.75, 3.05) is 32.9 Å². The topological polar surface area (TPSA) is 57.2 Å². The summed E-state index contributed by atoms with van der Waals surface area (Å²) in [5, 5.41) is -1.27. The minimum Gasteiger partial charge on any atom is -0.748 e. The molecule has 0 saturated carbocycles. The van der Waals surface area contributed by atoms with Crippen molar-refractivity contribution in [3.8, 4) is 12.3 Å². The van der Waals surface area contributed by atoms with Gasteiger partial charge in [0.25, 0.3) is 0 Å². The average molecular weight is 422 g/mol. The second-order valence-corrected chi connectivity index (χ2v) is 9.30. The zero-order chi connectivity index (χ0) is 21.9. The molecule has 0 rings (SSSR count). The van der Waals surface area contributed by atoms with Crippen molar-refractivity contribution in [2.24, 2.45) is 0 Å². The molecule has 0 N–H and O–H groups in total. The zero-order valence-corrected chi connectivity index (χ0v) is 19.5. The maximum atomic E-state index is 11.6. The molecule has 28 heavy (non-hydrogen) atoms. The van der Waals surface area contributed by atoms with E-state index in [1.807, 2.05) is 5.92 Å². The van der Waals surface area contributed by atoms with E-state index in [-0.39, 0.29) is 12.8 Å². The standard InChI is InChI=1S/C16H36N.C6H9FO3S/c1-5-9-13-17(14-10-6-2,15-11-7-3)16-12-8-4;1-2-3-6(4-5-7)11(8,9)10/h5-16H2,1-4H3;1,6H,3-5H2,(H,8,9,10)/q+1;/p-1. The van der Waals surface area contributed by atoms with Gasteiger partial charge in [0.1, 0.15) is 0 Å². The minimum atomic E-state index is -4.42. The zero-order valence-electron chi connectivity index (χ0n) is 18.7. The summed E-state index contributed by atoms with van der Waals surface area (Å²) in [5.41, 5.74) is 0. The summed E-state index contributed by atoms with van der Waals surface area (Å²) in [6.07, 6.45) is 15.3. The van der Waals surface area contributed by atoms with Gasteiger partial charge in [-0.15, -0.1) is 12.3 Å². The van der Waals surface area contributed by atoms with Crippen molar-refractivity contribution in [3.05, 3.63) is 0 Å². The van der Waals surface area contributed by atoms with Crippen LogP contribution in [0.5, 0.6) is 0 Å². The van der Waals surface area contributed by atoms with E-state index in [2.05, 4.69) is 27.7 Å². The van der Waals surface area contributed by atoms with Crippen LogP contribution in [0.4, 0.5) is 4.39 Å². The van der Waals surface area contributed by atoms with Crippen LogP contribution >= 0.6 is 0 Å². The summed E-state index contributed by atoms with van der Waals surface area (Å²) < 4.78 is 43.9. The number of rotatable bonds is 16. The smallest absolute Gasteiger partial charge is 0.0985 e. The normalized spacial score (nSPS) is 12.8. The average Bonchev–Trinajstić information content (AvgIpc) is 2.66. The van der Waals surface area contributed by atoms with E-state index in [0.717, 1.165) is 0 Å². The molecule has 0 bridgehead atoms. The number of quaternary nitrogens is 1. The molecule has 1 unspecified atom stereocenters. The number of unbranched alkanes of at least 4 members (excludes halogenated alkanes) is 4. The van der Waals surface area contributed by atoms with E-state index in [1.54, 1.807) is 0 Å². The van der Waals surface area contributed by atoms with Gasteiger partial charge in [0.05, 0.1) is 48.2 Å². The number of hydrogen-bond acceptors (Lipinski definition) is 3. The van der Waals surface area contributed by atoms with E-state index < -0.39 is 22.0 Å². The molecule has 0 radical (unpaired) electrons. The molecule has 0 amide bonds. The molecule has 0 fully saturated rings. The third kappa shape index (κ3) is 15.3. The lowest BCUT2D eigenvalue weighted by Gasteiger charge is -2.39. The van der Waals surface area contributed by atoms with Gasteiger partial charge in [0, 0.05) is 6.42 Å². The molecular formula is C22H44FNO3S. The molecule has 168 valence electrons. The molecule has 0 aromatic carbocycles. The monoisotopic (exact) mass is 421 g/mol. The van der Waals surface area contributed by atoms with Crippen LogP contribution in [0.15, 0.2) is 0 Å². The lowest BCUT2D eigenvalue weighted by Crippen LogP contribution is -2.50. The van der Waals surface area contributed by atoms with Gasteiger partial charge in [-0.2, -0.15) is 0 Å². The third-order valence-electron chi connectivity index (χ3n) is 5.13. The Morgan fingerprint density at radius 1 is 0.893 bits per heavy atom. The van der Waals surface area contributed by atoms with E-state index >= 15 is 0 Å². The Labute approximate surface area is 174 Å². The van der Waals surface area contributed by atoms with Crippen molar-refractivity contribution in [1.82, 2.24) is 0 Å². The maximum absolute atomic E-state index is 11.6. The minimum absolute atomic E-state index is 0.213. The first kappa shape index (κ1) is 29.6. The highest BCUT2D eigenvalue weighted by Crippen LogP contribution is 2.16. The molecule has 0 aromatic rings. The number of nitrogens with zero attached hydrogens (tertiary/aromatic N) is 1. The van der Waals surface area contributed by atoms with Gasteiger partial charge in [-0.3, -0.25) is 4.39 Å². The molecule has 0 heterocycles. The van der Waals surface area contributed by atoms with Crippen molar-refractivity contribution >= 4 is 10.1 Å². The van der Waals surface area contributed by atoms with Gasteiger partial charge in [-0.1, -0.05) is 53.4 Å². The van der Waals surface area contributed by atoms with Crippen molar-refractivity contribution in [3.63, 3.8) is 0 Å². The van der Waals surface area contributed by atoms with Gasteiger partial charge in [0.15, 0.2) is 0 Å². The first-order valence-electron chi connectivity index (χ1n) is 11.1. The molecule has 0 aromatic heterocycles. The van der Waals surface area contributed by atoms with Gasteiger partial charge in [-0.05, 0) is 32.1 Å². The summed E-state index contributed by atoms with van der Waals surface area (Å²) in [4.78, 5) is 0. The quantitative estimate of drug-likeness (QED) is 0.193. The molecular weight excluding hydrogens is 377 g/mol. The second-order valence-electron chi connectivity index (χ2n) is 7.65. The van der Waals surface area contributed by atoms with E-state index in [1.165, 1.54) is 82.0 Å². The fraction of sp³-hybridized carbons (Fsp3) is 0.909. The second kappa shape index (κ2) is 18.4. The predicted molar refractivity (Wildman–Crippen MR) is 117 cm³/mol. The Hall–Kier alpha value is -0.640. The maximum Gasteiger partial charge on any atom is 0.0985 e. The Balaban J connectivity index is 0. The molecule has 0 aliphatic rings. The molecule has 0 saturated heterocycles. The molecule has 1 atom stereocenters. The van der Waals surface area contributed by atoms with E-state index in [9.17, 15) is 17.4 Å². The van der Waals surface area contributed by atoms with Gasteiger partial charge in [0.2, 0.25) is 0 Å². The van der Waals surface area contributed by atoms with E-state index in [4.69, 9.17) is 6.42 Å². The summed E-state index contributed by atoms with van der Waals surface area (Å²) in [5.74, 6) is 2.01. The van der Waals surface area contributed by atoms with E-state index in [0.29, 0.717) is 0 Å². The van der Waals surface area contributed by atoms with Gasteiger partial charge >= 0.3 is 0 Å². The fourth-order valence-electron chi connectivity index (χ4n) is 3.25. The van der Waals surface area contributed by atoms with Crippen molar-refractivity contribution < 1.29 is 21.8 Å². The van der Waals surface area contributed by atoms with Crippen molar-refractivity contribution in [2.45, 2.75) is 97.2 Å². The highest BCUT2D eigenvalue weighted by molar-refractivity contribution is 7.86. The van der Waals surface area contributed by atoms with Crippen LogP contribution in [-0.4, -0.2) is 55.6 Å². The lowest BCUT2D eigenvalue weighted by atomic mass is 10.1. The molecule has 4 nitrogen and oxygen atoms in total. The SMILES string of the molecule is C#CCC(CCF)S(=O)(=O)[O-].CCCC[N+](CCCC)(CCCC)CCCC. The number of terminal acetylenes is 1.